The van der Waals surface area contributed by atoms with Crippen molar-refractivity contribution in [1.82, 2.24) is 0 Å². The van der Waals surface area contributed by atoms with Gasteiger partial charge in [0.05, 0.1) is 5.56 Å². The predicted molar refractivity (Wildman–Crippen MR) is 152 cm³/mol. The van der Waals surface area contributed by atoms with E-state index in [2.05, 4.69) is 0 Å². The molecule has 0 spiro atoms. The van der Waals surface area contributed by atoms with Crippen LogP contribution in [0.4, 0.5) is 0 Å². The van der Waals surface area contributed by atoms with Crippen molar-refractivity contribution in [2.75, 3.05) is 0 Å². The summed E-state index contributed by atoms with van der Waals surface area (Å²) in [5.41, 5.74) is 3.59. The van der Waals surface area contributed by atoms with Gasteiger partial charge in [0.15, 0.2) is 11.9 Å². The van der Waals surface area contributed by atoms with E-state index in [4.69, 9.17) is 16.3 Å². The number of hydrogen-bond donors (Lipinski definition) is 0. The lowest BCUT2D eigenvalue weighted by molar-refractivity contribution is 0.0278. The van der Waals surface area contributed by atoms with Gasteiger partial charge in [-0.25, -0.2) is 4.79 Å². The van der Waals surface area contributed by atoms with Crippen molar-refractivity contribution in [2.45, 2.75) is 6.10 Å². The highest BCUT2D eigenvalue weighted by molar-refractivity contribution is 6.30. The highest BCUT2D eigenvalue weighted by Gasteiger charge is 2.28. The lowest BCUT2D eigenvalue weighted by Crippen LogP contribution is -2.22. The molecule has 0 aromatic heterocycles. The van der Waals surface area contributed by atoms with E-state index in [0.29, 0.717) is 21.7 Å². The summed E-state index contributed by atoms with van der Waals surface area (Å²) in [5.74, 6) is -1.48. The maximum Gasteiger partial charge on any atom is 0.339 e. The predicted octanol–water partition coefficient (Wildman–Crippen LogP) is 8.02. The van der Waals surface area contributed by atoms with E-state index >= 15 is 0 Å². The van der Waals surface area contributed by atoms with Gasteiger partial charge < -0.3 is 4.74 Å². The van der Waals surface area contributed by atoms with Crippen LogP contribution < -0.4 is 0 Å². The fourth-order valence-corrected chi connectivity index (χ4v) is 4.42. The number of ketones is 2. The smallest absolute Gasteiger partial charge is 0.339 e. The molecule has 5 aromatic carbocycles. The first-order valence-electron chi connectivity index (χ1n) is 12.4. The van der Waals surface area contributed by atoms with Gasteiger partial charge in [0, 0.05) is 27.3 Å². The molecule has 39 heavy (non-hydrogen) atoms. The van der Waals surface area contributed by atoms with Crippen molar-refractivity contribution in [3.8, 4) is 11.1 Å². The molecule has 1 atom stereocenters. The van der Waals surface area contributed by atoms with Gasteiger partial charge in [-0.05, 0) is 29.3 Å². The second-order valence-corrected chi connectivity index (χ2v) is 9.32. The van der Waals surface area contributed by atoms with Crippen LogP contribution in [0.15, 0.2) is 133 Å². The highest BCUT2D eigenvalue weighted by Crippen LogP contribution is 2.27. The Morgan fingerprint density at radius 1 is 0.538 bits per heavy atom. The summed E-state index contributed by atoms with van der Waals surface area (Å²) in [5, 5.41) is 0.491. The lowest BCUT2D eigenvalue weighted by Gasteiger charge is -2.18. The second kappa shape index (κ2) is 11.7. The number of benzene rings is 5. The summed E-state index contributed by atoms with van der Waals surface area (Å²) in [6, 6.07) is 38.7. The third kappa shape index (κ3) is 5.87. The van der Waals surface area contributed by atoms with E-state index < -0.39 is 12.1 Å². The van der Waals surface area contributed by atoms with E-state index in [1.807, 2.05) is 42.5 Å². The van der Waals surface area contributed by atoms with Crippen LogP contribution >= 0.6 is 11.6 Å². The van der Waals surface area contributed by atoms with Gasteiger partial charge >= 0.3 is 5.97 Å². The fourth-order valence-electron chi connectivity index (χ4n) is 4.29. The molecule has 190 valence electrons. The van der Waals surface area contributed by atoms with E-state index in [1.165, 1.54) is 6.07 Å². The summed E-state index contributed by atoms with van der Waals surface area (Å²) in [6.45, 7) is 0. The summed E-state index contributed by atoms with van der Waals surface area (Å²) in [7, 11) is 0. The van der Waals surface area contributed by atoms with Crippen LogP contribution in [-0.2, 0) is 4.74 Å². The molecular weight excluding hydrogens is 508 g/mol. The fraction of sp³-hybridized carbons (Fsp3) is 0.0294. The molecule has 0 aliphatic carbocycles. The number of esters is 1. The number of ether oxygens (including phenoxy) is 1. The monoisotopic (exact) mass is 530 g/mol. The second-order valence-electron chi connectivity index (χ2n) is 8.89. The molecule has 0 fully saturated rings. The summed E-state index contributed by atoms with van der Waals surface area (Å²) < 4.78 is 5.80. The Bertz CT molecular complexity index is 1610. The van der Waals surface area contributed by atoms with Crippen LogP contribution in [0.5, 0.6) is 0 Å². The summed E-state index contributed by atoms with van der Waals surface area (Å²) in [4.78, 5) is 40.4. The van der Waals surface area contributed by atoms with Crippen LogP contribution in [-0.4, -0.2) is 17.5 Å². The molecule has 0 unspecified atom stereocenters. The Morgan fingerprint density at radius 3 is 1.72 bits per heavy atom. The van der Waals surface area contributed by atoms with Gasteiger partial charge in [-0.15, -0.1) is 0 Å². The lowest BCUT2D eigenvalue weighted by atomic mass is 9.96. The summed E-state index contributed by atoms with van der Waals surface area (Å²) >= 11 is 6.04. The molecule has 5 aromatic rings. The van der Waals surface area contributed by atoms with E-state index in [1.54, 1.807) is 84.9 Å². The van der Waals surface area contributed by atoms with Crippen molar-refractivity contribution >= 4 is 29.1 Å². The number of hydrogen-bond acceptors (Lipinski definition) is 4. The molecule has 0 radical (unpaired) electrons. The molecule has 0 saturated heterocycles. The first kappa shape index (κ1) is 25.8. The van der Waals surface area contributed by atoms with Gasteiger partial charge in [0.25, 0.3) is 0 Å². The Kier molecular flexibility index (Phi) is 7.76. The normalized spacial score (nSPS) is 11.4. The van der Waals surface area contributed by atoms with Crippen molar-refractivity contribution in [3.63, 3.8) is 0 Å². The van der Waals surface area contributed by atoms with Gasteiger partial charge in [-0.3, -0.25) is 9.59 Å². The molecule has 0 aliphatic heterocycles. The molecule has 0 bridgehead atoms. The average molecular weight is 531 g/mol. The molecule has 0 heterocycles. The van der Waals surface area contributed by atoms with Crippen molar-refractivity contribution in [2.24, 2.45) is 0 Å². The highest BCUT2D eigenvalue weighted by atomic mass is 35.5. The maximum absolute atomic E-state index is 13.5. The molecule has 5 rings (SSSR count). The standard InChI is InChI=1S/C34H23ClO4/c35-28-21-19-27(20-22-28)33(32(37)25-11-5-2-6-12-25)39-34(38)30-14-8-7-13-29(30)31(36)26-17-15-24(16-18-26)23-9-3-1-4-10-23/h1-22,33H/t33-/m1/s1. The first-order valence-corrected chi connectivity index (χ1v) is 12.7. The van der Waals surface area contributed by atoms with Crippen LogP contribution in [0, 0.1) is 0 Å². The Labute approximate surface area is 231 Å². The van der Waals surface area contributed by atoms with Crippen molar-refractivity contribution in [1.29, 1.82) is 0 Å². The molecule has 0 N–H and O–H groups in total. The number of halogens is 1. The molecule has 0 saturated carbocycles. The minimum Gasteiger partial charge on any atom is -0.445 e. The van der Waals surface area contributed by atoms with Crippen LogP contribution in [0.2, 0.25) is 5.02 Å². The number of carbonyl (C=O) groups excluding carboxylic acids is 3. The SMILES string of the molecule is O=C(O[C@@H](C(=O)c1ccccc1)c1ccc(Cl)cc1)c1ccccc1C(=O)c1ccc(-c2ccccc2)cc1. The van der Waals surface area contributed by atoms with Gasteiger partial charge in [-0.1, -0.05) is 127 Å². The van der Waals surface area contributed by atoms with Crippen LogP contribution in [0.1, 0.15) is 48.3 Å². The third-order valence-corrected chi connectivity index (χ3v) is 6.59. The average Bonchev–Trinajstić information content (AvgIpc) is 3.00. The van der Waals surface area contributed by atoms with Crippen molar-refractivity contribution in [3.05, 3.63) is 166 Å². The van der Waals surface area contributed by atoms with Gasteiger partial charge in [0.1, 0.15) is 0 Å². The minimum atomic E-state index is -1.22. The zero-order chi connectivity index (χ0) is 27.2. The van der Waals surface area contributed by atoms with E-state index in [9.17, 15) is 14.4 Å². The summed E-state index contributed by atoms with van der Waals surface area (Å²) in [6.07, 6.45) is -1.22. The third-order valence-electron chi connectivity index (χ3n) is 6.34. The van der Waals surface area contributed by atoms with Gasteiger partial charge in [0.2, 0.25) is 5.78 Å². The number of Topliss-reactive ketones (excluding diaryl/α,β-unsaturated/α-hetero) is 1. The molecule has 5 heteroatoms. The minimum absolute atomic E-state index is 0.0782. The number of rotatable bonds is 8. The quantitative estimate of drug-likeness (QED) is 0.150. The van der Waals surface area contributed by atoms with Gasteiger partial charge in [-0.2, -0.15) is 0 Å². The number of carbonyl (C=O) groups is 3. The molecule has 0 aliphatic rings. The first-order chi connectivity index (χ1) is 19.0. The molecule has 0 amide bonds. The largest absolute Gasteiger partial charge is 0.445 e. The Morgan fingerprint density at radius 2 is 1.08 bits per heavy atom. The maximum atomic E-state index is 13.5. The Hall–Kier alpha value is -4.80. The van der Waals surface area contributed by atoms with Crippen molar-refractivity contribution < 1.29 is 19.1 Å². The van der Waals surface area contributed by atoms with E-state index in [0.717, 1.165) is 11.1 Å². The molecule has 4 nitrogen and oxygen atoms in total. The van der Waals surface area contributed by atoms with Crippen LogP contribution in [0.3, 0.4) is 0 Å². The molecular formula is C34H23ClO4. The zero-order valence-corrected chi connectivity index (χ0v) is 21.5. The Balaban J connectivity index is 1.44. The van der Waals surface area contributed by atoms with E-state index in [-0.39, 0.29) is 22.7 Å². The van der Waals surface area contributed by atoms with Crippen LogP contribution in [0.25, 0.3) is 11.1 Å². The zero-order valence-electron chi connectivity index (χ0n) is 20.8. The topological polar surface area (TPSA) is 60.4 Å².